The average Bonchev–Trinajstić information content (AvgIpc) is 2.32. The van der Waals surface area contributed by atoms with Crippen LogP contribution in [-0.4, -0.2) is 20.3 Å². The van der Waals surface area contributed by atoms with E-state index in [0.717, 1.165) is 29.0 Å². The van der Waals surface area contributed by atoms with Crippen molar-refractivity contribution < 1.29 is 9.47 Å². The molecule has 0 unspecified atom stereocenters. The Labute approximate surface area is 109 Å². The fourth-order valence-corrected chi connectivity index (χ4v) is 2.47. The van der Waals surface area contributed by atoms with Gasteiger partial charge in [0.2, 0.25) is 0 Å². The van der Waals surface area contributed by atoms with Crippen LogP contribution in [0.1, 0.15) is 26.7 Å². The van der Waals surface area contributed by atoms with E-state index < -0.39 is 0 Å². The van der Waals surface area contributed by atoms with Crippen LogP contribution < -0.4 is 14.8 Å². The Bertz CT molecular complexity index is 397. The molecule has 0 heterocycles. The van der Waals surface area contributed by atoms with E-state index in [2.05, 4.69) is 19.2 Å². The van der Waals surface area contributed by atoms with Crippen LogP contribution in [-0.2, 0) is 0 Å². The highest BCUT2D eigenvalue weighted by atomic mass is 16.5. The van der Waals surface area contributed by atoms with E-state index in [4.69, 9.17) is 9.47 Å². The van der Waals surface area contributed by atoms with Gasteiger partial charge in [0.15, 0.2) is 0 Å². The number of rotatable bonds is 5. The van der Waals surface area contributed by atoms with Gasteiger partial charge >= 0.3 is 0 Å². The SMILES string of the molecule is COc1ccc(OC)c(NC2CC(C(C)C)C2)c1. The number of methoxy groups -OCH3 is 2. The minimum Gasteiger partial charge on any atom is -0.497 e. The number of anilines is 1. The number of hydrogen-bond donors (Lipinski definition) is 1. The number of ether oxygens (including phenoxy) is 2. The van der Waals surface area contributed by atoms with Crippen LogP contribution in [0.15, 0.2) is 18.2 Å². The zero-order chi connectivity index (χ0) is 13.1. The van der Waals surface area contributed by atoms with Gasteiger partial charge in [0.1, 0.15) is 11.5 Å². The summed E-state index contributed by atoms with van der Waals surface area (Å²) in [4.78, 5) is 0. The van der Waals surface area contributed by atoms with Crippen molar-refractivity contribution in [1.82, 2.24) is 0 Å². The molecule has 1 aromatic carbocycles. The molecule has 0 amide bonds. The molecule has 3 heteroatoms. The molecule has 18 heavy (non-hydrogen) atoms. The van der Waals surface area contributed by atoms with Gasteiger partial charge in [-0.2, -0.15) is 0 Å². The van der Waals surface area contributed by atoms with Crippen molar-refractivity contribution in [2.45, 2.75) is 32.7 Å². The van der Waals surface area contributed by atoms with E-state index in [9.17, 15) is 0 Å². The average molecular weight is 249 g/mol. The van der Waals surface area contributed by atoms with E-state index >= 15 is 0 Å². The minimum atomic E-state index is 0.568. The van der Waals surface area contributed by atoms with Gasteiger partial charge in [-0.05, 0) is 36.8 Å². The molecule has 0 spiro atoms. The third-order valence-electron chi connectivity index (χ3n) is 3.88. The molecular weight excluding hydrogens is 226 g/mol. The zero-order valence-corrected chi connectivity index (χ0v) is 11.7. The fraction of sp³-hybridized carbons (Fsp3) is 0.600. The van der Waals surface area contributed by atoms with Gasteiger partial charge in [-0.3, -0.25) is 0 Å². The van der Waals surface area contributed by atoms with Crippen molar-refractivity contribution >= 4 is 5.69 Å². The van der Waals surface area contributed by atoms with E-state index in [1.165, 1.54) is 12.8 Å². The van der Waals surface area contributed by atoms with E-state index in [-0.39, 0.29) is 0 Å². The molecule has 0 radical (unpaired) electrons. The van der Waals surface area contributed by atoms with Gasteiger partial charge in [0.25, 0.3) is 0 Å². The molecule has 0 saturated heterocycles. The Morgan fingerprint density at radius 1 is 1.17 bits per heavy atom. The van der Waals surface area contributed by atoms with Gasteiger partial charge in [-0.1, -0.05) is 13.8 Å². The summed E-state index contributed by atoms with van der Waals surface area (Å²) in [5, 5.41) is 3.55. The molecule has 0 bridgehead atoms. The molecule has 1 aromatic rings. The molecule has 1 aliphatic carbocycles. The maximum Gasteiger partial charge on any atom is 0.142 e. The third-order valence-corrected chi connectivity index (χ3v) is 3.88. The fourth-order valence-electron chi connectivity index (χ4n) is 2.47. The molecule has 1 saturated carbocycles. The number of nitrogens with one attached hydrogen (secondary N) is 1. The largest absolute Gasteiger partial charge is 0.497 e. The summed E-state index contributed by atoms with van der Waals surface area (Å²) in [5.74, 6) is 3.39. The van der Waals surface area contributed by atoms with Crippen molar-refractivity contribution in [2.24, 2.45) is 11.8 Å². The lowest BCUT2D eigenvalue weighted by Gasteiger charge is -2.39. The second-order valence-corrected chi connectivity index (χ2v) is 5.38. The predicted molar refractivity (Wildman–Crippen MR) is 74.5 cm³/mol. The van der Waals surface area contributed by atoms with Crippen molar-refractivity contribution in [2.75, 3.05) is 19.5 Å². The van der Waals surface area contributed by atoms with Gasteiger partial charge in [-0.15, -0.1) is 0 Å². The third kappa shape index (κ3) is 2.71. The summed E-state index contributed by atoms with van der Waals surface area (Å²) in [6.07, 6.45) is 2.50. The van der Waals surface area contributed by atoms with E-state index in [1.54, 1.807) is 14.2 Å². The summed E-state index contributed by atoms with van der Waals surface area (Å²) in [6, 6.07) is 6.43. The maximum atomic E-state index is 5.37. The number of hydrogen-bond acceptors (Lipinski definition) is 3. The summed E-state index contributed by atoms with van der Waals surface area (Å²) < 4.78 is 10.6. The highest BCUT2D eigenvalue weighted by molar-refractivity contribution is 5.60. The molecule has 1 N–H and O–H groups in total. The normalized spacial score (nSPS) is 22.5. The van der Waals surface area contributed by atoms with Crippen LogP contribution >= 0.6 is 0 Å². The quantitative estimate of drug-likeness (QED) is 0.865. The second-order valence-electron chi connectivity index (χ2n) is 5.38. The molecule has 0 aliphatic heterocycles. The van der Waals surface area contributed by atoms with Crippen LogP contribution in [0.3, 0.4) is 0 Å². The summed E-state index contributed by atoms with van der Waals surface area (Å²) in [5.41, 5.74) is 1.03. The molecule has 1 fully saturated rings. The Balaban J connectivity index is 2.00. The van der Waals surface area contributed by atoms with E-state index in [0.29, 0.717) is 6.04 Å². The van der Waals surface area contributed by atoms with Gasteiger partial charge in [0, 0.05) is 12.1 Å². The Kier molecular flexibility index (Phi) is 4.00. The Hall–Kier alpha value is -1.38. The van der Waals surface area contributed by atoms with Crippen LogP contribution in [0.4, 0.5) is 5.69 Å². The highest BCUT2D eigenvalue weighted by Crippen LogP contribution is 2.38. The Morgan fingerprint density at radius 2 is 1.89 bits per heavy atom. The molecule has 0 aromatic heterocycles. The molecule has 3 nitrogen and oxygen atoms in total. The van der Waals surface area contributed by atoms with Gasteiger partial charge in [0.05, 0.1) is 19.9 Å². The first-order chi connectivity index (χ1) is 8.63. The highest BCUT2D eigenvalue weighted by Gasteiger charge is 2.31. The monoisotopic (exact) mass is 249 g/mol. The van der Waals surface area contributed by atoms with Crippen LogP contribution in [0.5, 0.6) is 11.5 Å². The lowest BCUT2D eigenvalue weighted by Crippen LogP contribution is -2.37. The van der Waals surface area contributed by atoms with Gasteiger partial charge in [-0.25, -0.2) is 0 Å². The van der Waals surface area contributed by atoms with Crippen molar-refractivity contribution in [3.63, 3.8) is 0 Å². The predicted octanol–water partition coefficient (Wildman–Crippen LogP) is 3.55. The van der Waals surface area contributed by atoms with Crippen molar-refractivity contribution in [1.29, 1.82) is 0 Å². The van der Waals surface area contributed by atoms with Crippen molar-refractivity contribution in [3.05, 3.63) is 18.2 Å². The molecule has 1 aliphatic rings. The summed E-state index contributed by atoms with van der Waals surface area (Å²) in [7, 11) is 3.38. The maximum absolute atomic E-state index is 5.37. The lowest BCUT2D eigenvalue weighted by molar-refractivity contribution is 0.211. The number of benzene rings is 1. The molecule has 0 atom stereocenters. The van der Waals surface area contributed by atoms with E-state index in [1.807, 2.05) is 18.2 Å². The van der Waals surface area contributed by atoms with Crippen molar-refractivity contribution in [3.8, 4) is 11.5 Å². The summed E-state index contributed by atoms with van der Waals surface area (Å²) >= 11 is 0. The van der Waals surface area contributed by atoms with Crippen LogP contribution in [0.2, 0.25) is 0 Å². The standard InChI is InChI=1S/C15H23NO2/c1-10(2)11-7-12(8-11)16-14-9-13(17-3)5-6-15(14)18-4/h5-6,9-12,16H,7-8H2,1-4H3. The first-order valence-corrected chi connectivity index (χ1v) is 6.62. The van der Waals surface area contributed by atoms with Crippen LogP contribution in [0.25, 0.3) is 0 Å². The minimum absolute atomic E-state index is 0.568. The van der Waals surface area contributed by atoms with Crippen LogP contribution in [0, 0.1) is 11.8 Å². The molecule has 2 rings (SSSR count). The van der Waals surface area contributed by atoms with Gasteiger partial charge < -0.3 is 14.8 Å². The lowest BCUT2D eigenvalue weighted by atomic mass is 9.73. The smallest absolute Gasteiger partial charge is 0.142 e. The molecule has 100 valence electrons. The first kappa shape index (κ1) is 13.1. The first-order valence-electron chi connectivity index (χ1n) is 6.62. The topological polar surface area (TPSA) is 30.5 Å². The second kappa shape index (κ2) is 5.51. The summed E-state index contributed by atoms with van der Waals surface area (Å²) in [6.45, 7) is 4.60. The molecular formula is C15H23NO2. The Morgan fingerprint density at radius 3 is 2.44 bits per heavy atom. The zero-order valence-electron chi connectivity index (χ0n) is 11.7.